The van der Waals surface area contributed by atoms with Crippen LogP contribution in [0.2, 0.25) is 0 Å². The van der Waals surface area contributed by atoms with Crippen molar-refractivity contribution in [3.63, 3.8) is 0 Å². The van der Waals surface area contributed by atoms with Crippen molar-refractivity contribution in [2.24, 2.45) is 0 Å². The Morgan fingerprint density at radius 1 is 1.35 bits per heavy atom. The van der Waals surface area contributed by atoms with E-state index in [1.54, 1.807) is 23.9 Å². The lowest BCUT2D eigenvalue weighted by Gasteiger charge is -2.07. The molecule has 10 heteroatoms. The van der Waals surface area contributed by atoms with Gasteiger partial charge in [-0.2, -0.15) is 15.0 Å². The van der Waals surface area contributed by atoms with E-state index < -0.39 is 9.84 Å². The van der Waals surface area contributed by atoms with Crippen LogP contribution in [0.5, 0.6) is 0 Å². The van der Waals surface area contributed by atoms with E-state index in [0.29, 0.717) is 5.95 Å². The van der Waals surface area contributed by atoms with Crippen LogP contribution in [-0.4, -0.2) is 51.0 Å². The average molecular weight is 297 g/mol. The van der Waals surface area contributed by atoms with Gasteiger partial charge in [0.1, 0.15) is 6.33 Å². The summed E-state index contributed by atoms with van der Waals surface area (Å²) in [5, 5.41) is 2.82. The molecule has 0 aliphatic rings. The second-order valence-electron chi connectivity index (χ2n) is 3.95. The number of nitrogens with zero attached hydrogens (tertiary/aromatic N) is 5. The normalized spacial score (nSPS) is 11.4. The van der Waals surface area contributed by atoms with Crippen LogP contribution in [0.4, 0.5) is 11.9 Å². The van der Waals surface area contributed by atoms with Gasteiger partial charge in [-0.1, -0.05) is 6.92 Å². The highest BCUT2D eigenvalue weighted by Gasteiger charge is 2.09. The molecule has 2 rings (SSSR count). The van der Waals surface area contributed by atoms with Crippen LogP contribution < -0.4 is 11.1 Å². The third-order valence-electron chi connectivity index (χ3n) is 2.51. The SMILES string of the molecule is CCS(=O)(=O)CCNc1nc(N)nc(-n2ccnc2)n1. The topological polar surface area (TPSA) is 129 Å². The highest BCUT2D eigenvalue weighted by atomic mass is 32.2. The molecular weight excluding hydrogens is 282 g/mol. The van der Waals surface area contributed by atoms with Gasteiger partial charge >= 0.3 is 0 Å². The Balaban J connectivity index is 2.09. The molecule has 2 heterocycles. The Hall–Kier alpha value is -2.23. The molecule has 0 atom stereocenters. The van der Waals surface area contributed by atoms with E-state index in [0.717, 1.165) is 0 Å². The van der Waals surface area contributed by atoms with Crippen molar-refractivity contribution in [3.05, 3.63) is 18.7 Å². The fraction of sp³-hybridized carbons (Fsp3) is 0.400. The zero-order chi connectivity index (χ0) is 14.6. The first-order valence-electron chi connectivity index (χ1n) is 5.94. The van der Waals surface area contributed by atoms with E-state index in [9.17, 15) is 8.42 Å². The summed E-state index contributed by atoms with van der Waals surface area (Å²) in [7, 11) is -3.03. The molecule has 0 fully saturated rings. The monoisotopic (exact) mass is 297 g/mol. The van der Waals surface area contributed by atoms with Crippen LogP contribution in [0.3, 0.4) is 0 Å². The van der Waals surface area contributed by atoms with E-state index in [4.69, 9.17) is 5.73 Å². The first-order valence-corrected chi connectivity index (χ1v) is 7.76. The number of sulfone groups is 1. The Kier molecular flexibility index (Phi) is 4.13. The molecule has 20 heavy (non-hydrogen) atoms. The molecule has 0 amide bonds. The van der Waals surface area contributed by atoms with Crippen LogP contribution >= 0.6 is 0 Å². The van der Waals surface area contributed by atoms with Gasteiger partial charge in [-0.25, -0.2) is 13.4 Å². The summed E-state index contributed by atoms with van der Waals surface area (Å²) in [5.74, 6) is 0.706. The summed E-state index contributed by atoms with van der Waals surface area (Å²) in [4.78, 5) is 15.9. The van der Waals surface area contributed by atoms with Gasteiger partial charge in [-0.05, 0) is 0 Å². The minimum atomic E-state index is -3.03. The molecule has 2 aromatic heterocycles. The standard InChI is InChI=1S/C10H15N7O2S/c1-2-20(18,19)6-4-13-9-14-8(11)15-10(16-9)17-5-3-12-7-17/h3,5,7H,2,4,6H2,1H3,(H3,11,13,14,15,16). The lowest BCUT2D eigenvalue weighted by atomic mass is 10.7. The summed E-state index contributed by atoms with van der Waals surface area (Å²) in [6.07, 6.45) is 4.78. The molecule has 2 aromatic rings. The summed E-state index contributed by atoms with van der Waals surface area (Å²) >= 11 is 0. The maximum atomic E-state index is 11.4. The Morgan fingerprint density at radius 2 is 2.15 bits per heavy atom. The summed E-state index contributed by atoms with van der Waals surface area (Å²) in [5.41, 5.74) is 5.59. The second kappa shape index (κ2) is 5.82. The maximum Gasteiger partial charge on any atom is 0.241 e. The summed E-state index contributed by atoms with van der Waals surface area (Å²) < 4.78 is 24.3. The maximum absolute atomic E-state index is 11.4. The molecule has 0 unspecified atom stereocenters. The smallest absolute Gasteiger partial charge is 0.241 e. The minimum absolute atomic E-state index is 0.00942. The van der Waals surface area contributed by atoms with Crippen LogP contribution in [0.1, 0.15) is 6.92 Å². The summed E-state index contributed by atoms with van der Waals surface area (Å²) in [6.45, 7) is 1.82. The number of nitrogens with one attached hydrogen (secondary N) is 1. The van der Waals surface area contributed by atoms with Crippen LogP contribution in [0.25, 0.3) is 5.95 Å². The molecule has 0 saturated heterocycles. The van der Waals surface area contributed by atoms with Gasteiger partial charge in [0, 0.05) is 24.7 Å². The van der Waals surface area contributed by atoms with Crippen molar-refractivity contribution >= 4 is 21.7 Å². The van der Waals surface area contributed by atoms with Gasteiger partial charge in [0.05, 0.1) is 5.75 Å². The van der Waals surface area contributed by atoms with Crippen molar-refractivity contribution in [3.8, 4) is 5.95 Å². The van der Waals surface area contributed by atoms with Crippen LogP contribution in [0.15, 0.2) is 18.7 Å². The number of imidazole rings is 1. The molecule has 0 spiro atoms. The molecule has 0 aliphatic carbocycles. The lowest BCUT2D eigenvalue weighted by Crippen LogP contribution is -2.19. The molecule has 3 N–H and O–H groups in total. The number of nitrogens with two attached hydrogens (primary N) is 1. The number of anilines is 2. The second-order valence-corrected chi connectivity index (χ2v) is 6.42. The average Bonchev–Trinajstić information content (AvgIpc) is 2.92. The Morgan fingerprint density at radius 3 is 2.80 bits per heavy atom. The van der Waals surface area contributed by atoms with Gasteiger partial charge in [-0.3, -0.25) is 4.57 Å². The molecule has 0 bridgehead atoms. The first kappa shape index (κ1) is 14.2. The lowest BCUT2D eigenvalue weighted by molar-refractivity contribution is 0.597. The van der Waals surface area contributed by atoms with Gasteiger partial charge < -0.3 is 11.1 Å². The molecule has 0 aliphatic heterocycles. The Bertz CT molecular complexity index is 669. The van der Waals surface area contributed by atoms with E-state index in [2.05, 4.69) is 25.3 Å². The third kappa shape index (κ3) is 3.63. The van der Waals surface area contributed by atoms with E-state index in [1.165, 1.54) is 6.33 Å². The van der Waals surface area contributed by atoms with Gasteiger partial charge in [0.25, 0.3) is 0 Å². The van der Waals surface area contributed by atoms with Crippen molar-refractivity contribution in [1.29, 1.82) is 0 Å². The third-order valence-corrected chi connectivity index (χ3v) is 4.22. The zero-order valence-corrected chi connectivity index (χ0v) is 11.7. The first-order chi connectivity index (χ1) is 9.50. The highest BCUT2D eigenvalue weighted by molar-refractivity contribution is 7.91. The predicted molar refractivity (Wildman–Crippen MR) is 74.2 cm³/mol. The fourth-order valence-corrected chi connectivity index (χ4v) is 2.12. The molecule has 0 radical (unpaired) electrons. The predicted octanol–water partition coefficient (Wildman–Crippen LogP) is -0.514. The molecular formula is C10H15N7O2S. The van der Waals surface area contributed by atoms with Gasteiger partial charge in [0.15, 0.2) is 9.84 Å². The molecule has 9 nitrogen and oxygen atoms in total. The molecule has 108 valence electrons. The largest absolute Gasteiger partial charge is 0.368 e. The van der Waals surface area contributed by atoms with Crippen LogP contribution in [0, 0.1) is 0 Å². The number of rotatable bonds is 6. The molecule has 0 saturated carbocycles. The van der Waals surface area contributed by atoms with Gasteiger partial charge in [0.2, 0.25) is 17.8 Å². The minimum Gasteiger partial charge on any atom is -0.368 e. The van der Waals surface area contributed by atoms with Crippen LogP contribution in [-0.2, 0) is 9.84 Å². The summed E-state index contributed by atoms with van der Waals surface area (Å²) in [6, 6.07) is 0. The van der Waals surface area contributed by atoms with E-state index in [-0.39, 0.29) is 29.9 Å². The number of hydrogen-bond donors (Lipinski definition) is 2. The van der Waals surface area contributed by atoms with E-state index >= 15 is 0 Å². The Labute approximate surface area is 116 Å². The number of aromatic nitrogens is 5. The van der Waals surface area contributed by atoms with Crippen molar-refractivity contribution < 1.29 is 8.42 Å². The fourth-order valence-electron chi connectivity index (χ4n) is 1.42. The van der Waals surface area contributed by atoms with E-state index in [1.807, 2.05) is 0 Å². The number of hydrogen-bond acceptors (Lipinski definition) is 8. The zero-order valence-electron chi connectivity index (χ0n) is 10.9. The van der Waals surface area contributed by atoms with Gasteiger partial charge in [-0.15, -0.1) is 0 Å². The highest BCUT2D eigenvalue weighted by Crippen LogP contribution is 2.06. The number of nitrogen functional groups attached to an aromatic ring is 1. The van der Waals surface area contributed by atoms with Crippen molar-refractivity contribution in [1.82, 2.24) is 24.5 Å². The quantitative estimate of drug-likeness (QED) is 0.729. The van der Waals surface area contributed by atoms with Crippen molar-refractivity contribution in [2.75, 3.05) is 29.1 Å². The van der Waals surface area contributed by atoms with Crippen molar-refractivity contribution in [2.45, 2.75) is 6.92 Å². The molecule has 0 aromatic carbocycles.